The van der Waals surface area contributed by atoms with Crippen molar-refractivity contribution in [1.29, 1.82) is 0 Å². The van der Waals surface area contributed by atoms with E-state index in [0.717, 1.165) is 29.6 Å². The molecular formula is C17H18FN3. The van der Waals surface area contributed by atoms with Crippen molar-refractivity contribution in [3.63, 3.8) is 0 Å². The molecule has 108 valence electrons. The van der Waals surface area contributed by atoms with Gasteiger partial charge in [0, 0.05) is 12.2 Å². The van der Waals surface area contributed by atoms with Gasteiger partial charge in [-0.3, -0.25) is 0 Å². The molecule has 0 unspecified atom stereocenters. The summed E-state index contributed by atoms with van der Waals surface area (Å²) in [6.07, 6.45) is 0.955. The predicted octanol–water partition coefficient (Wildman–Crippen LogP) is 4.14. The Bertz CT molecular complexity index is 805. The number of aromatic nitrogens is 2. The molecule has 21 heavy (non-hydrogen) atoms. The highest BCUT2D eigenvalue weighted by atomic mass is 19.1. The molecule has 0 atom stereocenters. The Balaban J connectivity index is 2.30. The summed E-state index contributed by atoms with van der Waals surface area (Å²) in [5.41, 5.74) is 9.86. The number of imidazole rings is 1. The molecule has 0 bridgehead atoms. The van der Waals surface area contributed by atoms with Gasteiger partial charge < -0.3 is 10.3 Å². The molecule has 0 saturated heterocycles. The van der Waals surface area contributed by atoms with Gasteiger partial charge in [-0.25, -0.2) is 9.37 Å². The second kappa shape index (κ2) is 5.20. The maximum Gasteiger partial charge on any atom is 0.144 e. The molecule has 0 spiro atoms. The zero-order valence-corrected chi connectivity index (χ0v) is 12.2. The van der Waals surface area contributed by atoms with Crippen molar-refractivity contribution in [2.24, 2.45) is 0 Å². The third kappa shape index (κ3) is 2.37. The van der Waals surface area contributed by atoms with Crippen molar-refractivity contribution in [2.45, 2.75) is 26.8 Å². The van der Waals surface area contributed by atoms with Crippen LogP contribution in [-0.4, -0.2) is 9.55 Å². The lowest BCUT2D eigenvalue weighted by Gasteiger charge is -2.09. The van der Waals surface area contributed by atoms with E-state index in [2.05, 4.69) is 22.5 Å². The van der Waals surface area contributed by atoms with E-state index >= 15 is 0 Å². The van der Waals surface area contributed by atoms with Crippen LogP contribution in [0.5, 0.6) is 0 Å². The second-order valence-electron chi connectivity index (χ2n) is 5.32. The van der Waals surface area contributed by atoms with Crippen molar-refractivity contribution in [3.05, 3.63) is 47.8 Å². The molecule has 0 aliphatic heterocycles. The number of nitrogens with zero attached hydrogens (tertiary/aromatic N) is 2. The quantitative estimate of drug-likeness (QED) is 0.734. The van der Waals surface area contributed by atoms with Crippen LogP contribution in [0.2, 0.25) is 0 Å². The maximum atomic E-state index is 14.2. The first-order valence-electron chi connectivity index (χ1n) is 7.12. The molecule has 0 saturated carbocycles. The van der Waals surface area contributed by atoms with E-state index in [4.69, 9.17) is 5.73 Å². The molecule has 2 N–H and O–H groups in total. The zero-order chi connectivity index (χ0) is 15.0. The van der Waals surface area contributed by atoms with Crippen molar-refractivity contribution in [1.82, 2.24) is 9.55 Å². The monoisotopic (exact) mass is 283 g/mol. The van der Waals surface area contributed by atoms with Crippen LogP contribution in [0, 0.1) is 12.7 Å². The number of halogens is 1. The zero-order valence-electron chi connectivity index (χ0n) is 12.2. The molecule has 3 rings (SSSR count). The Morgan fingerprint density at radius 2 is 2.00 bits per heavy atom. The highest BCUT2D eigenvalue weighted by Crippen LogP contribution is 2.29. The lowest BCUT2D eigenvalue weighted by molar-refractivity contribution is 0.625. The summed E-state index contributed by atoms with van der Waals surface area (Å²) in [6.45, 7) is 4.92. The molecule has 0 fully saturated rings. The SMILES string of the molecule is CCCn1c(-c2cc(N)ccc2F)nc2cc(C)ccc21. The van der Waals surface area contributed by atoms with Crippen molar-refractivity contribution < 1.29 is 4.39 Å². The summed E-state index contributed by atoms with van der Waals surface area (Å²) in [4.78, 5) is 4.63. The highest BCUT2D eigenvalue weighted by molar-refractivity contribution is 5.82. The van der Waals surface area contributed by atoms with Crippen LogP contribution >= 0.6 is 0 Å². The average Bonchev–Trinajstić information content (AvgIpc) is 2.80. The van der Waals surface area contributed by atoms with Crippen molar-refractivity contribution in [2.75, 3.05) is 5.73 Å². The third-order valence-electron chi connectivity index (χ3n) is 3.58. The summed E-state index contributed by atoms with van der Waals surface area (Å²) in [7, 11) is 0. The van der Waals surface area contributed by atoms with E-state index in [0.29, 0.717) is 17.1 Å². The van der Waals surface area contributed by atoms with E-state index in [1.807, 2.05) is 19.1 Å². The summed E-state index contributed by atoms with van der Waals surface area (Å²) >= 11 is 0. The number of hydrogen-bond donors (Lipinski definition) is 1. The Morgan fingerprint density at radius 3 is 2.76 bits per heavy atom. The number of aryl methyl sites for hydroxylation is 2. The smallest absolute Gasteiger partial charge is 0.144 e. The summed E-state index contributed by atoms with van der Waals surface area (Å²) in [6, 6.07) is 10.7. The van der Waals surface area contributed by atoms with Crippen LogP contribution in [-0.2, 0) is 6.54 Å². The Labute approximate surface area is 123 Å². The van der Waals surface area contributed by atoms with Gasteiger partial charge in [-0.05, 0) is 49.2 Å². The summed E-state index contributed by atoms with van der Waals surface area (Å²) in [5.74, 6) is 0.343. The van der Waals surface area contributed by atoms with Gasteiger partial charge in [0.15, 0.2) is 0 Å². The van der Waals surface area contributed by atoms with Crippen LogP contribution < -0.4 is 5.73 Å². The van der Waals surface area contributed by atoms with Crippen LogP contribution in [0.1, 0.15) is 18.9 Å². The molecular weight excluding hydrogens is 265 g/mol. The molecule has 4 heteroatoms. The van der Waals surface area contributed by atoms with Crippen molar-refractivity contribution in [3.8, 4) is 11.4 Å². The Hall–Kier alpha value is -2.36. The fraction of sp³-hybridized carbons (Fsp3) is 0.235. The topological polar surface area (TPSA) is 43.8 Å². The molecule has 0 aliphatic rings. The number of nitrogens with two attached hydrogens (primary N) is 1. The molecule has 0 aliphatic carbocycles. The number of hydrogen-bond acceptors (Lipinski definition) is 2. The lowest BCUT2D eigenvalue weighted by atomic mass is 10.1. The van der Waals surface area contributed by atoms with Gasteiger partial charge >= 0.3 is 0 Å². The fourth-order valence-corrected chi connectivity index (χ4v) is 2.61. The first-order chi connectivity index (χ1) is 10.1. The minimum Gasteiger partial charge on any atom is -0.399 e. The van der Waals surface area contributed by atoms with Gasteiger partial charge in [-0.1, -0.05) is 13.0 Å². The maximum absolute atomic E-state index is 14.2. The standard InChI is InChI=1S/C17H18FN3/c1-3-8-21-16-7-4-11(2)9-15(16)20-17(21)13-10-12(19)5-6-14(13)18/h4-7,9-10H,3,8,19H2,1-2H3. The third-order valence-corrected chi connectivity index (χ3v) is 3.58. The molecule has 0 amide bonds. The predicted molar refractivity (Wildman–Crippen MR) is 84.6 cm³/mol. The lowest BCUT2D eigenvalue weighted by Crippen LogP contribution is -2.01. The average molecular weight is 283 g/mol. The van der Waals surface area contributed by atoms with Crippen LogP contribution in [0.25, 0.3) is 22.4 Å². The molecule has 3 nitrogen and oxygen atoms in total. The first kappa shape index (κ1) is 13.6. The Morgan fingerprint density at radius 1 is 1.19 bits per heavy atom. The van der Waals surface area contributed by atoms with E-state index < -0.39 is 0 Å². The molecule has 3 aromatic rings. The van der Waals surface area contributed by atoms with E-state index in [-0.39, 0.29) is 5.82 Å². The van der Waals surface area contributed by atoms with Gasteiger partial charge in [0.25, 0.3) is 0 Å². The number of anilines is 1. The van der Waals surface area contributed by atoms with Gasteiger partial charge in [-0.15, -0.1) is 0 Å². The minimum atomic E-state index is -0.298. The first-order valence-corrected chi connectivity index (χ1v) is 7.12. The molecule has 1 aromatic heterocycles. The number of nitrogen functional groups attached to an aromatic ring is 1. The Kier molecular flexibility index (Phi) is 3.37. The fourth-order valence-electron chi connectivity index (χ4n) is 2.61. The molecule has 2 aromatic carbocycles. The van der Waals surface area contributed by atoms with E-state index in [9.17, 15) is 4.39 Å². The minimum absolute atomic E-state index is 0.298. The van der Waals surface area contributed by atoms with Crippen LogP contribution in [0.4, 0.5) is 10.1 Å². The number of benzene rings is 2. The van der Waals surface area contributed by atoms with Gasteiger partial charge in [0.2, 0.25) is 0 Å². The highest BCUT2D eigenvalue weighted by Gasteiger charge is 2.15. The van der Waals surface area contributed by atoms with Gasteiger partial charge in [0.1, 0.15) is 11.6 Å². The van der Waals surface area contributed by atoms with Crippen LogP contribution in [0.15, 0.2) is 36.4 Å². The summed E-state index contributed by atoms with van der Waals surface area (Å²) in [5, 5.41) is 0. The van der Waals surface area contributed by atoms with E-state index in [1.54, 1.807) is 12.1 Å². The summed E-state index contributed by atoms with van der Waals surface area (Å²) < 4.78 is 16.2. The van der Waals surface area contributed by atoms with Crippen LogP contribution in [0.3, 0.4) is 0 Å². The van der Waals surface area contributed by atoms with Gasteiger partial charge in [-0.2, -0.15) is 0 Å². The number of fused-ring (bicyclic) bond motifs is 1. The number of rotatable bonds is 3. The largest absolute Gasteiger partial charge is 0.399 e. The van der Waals surface area contributed by atoms with Gasteiger partial charge in [0.05, 0.1) is 16.6 Å². The van der Waals surface area contributed by atoms with Crippen molar-refractivity contribution >= 4 is 16.7 Å². The molecule has 0 radical (unpaired) electrons. The normalized spacial score (nSPS) is 11.2. The van der Waals surface area contributed by atoms with E-state index in [1.165, 1.54) is 6.07 Å². The molecule has 1 heterocycles. The second-order valence-corrected chi connectivity index (χ2v) is 5.32.